The van der Waals surface area contributed by atoms with Crippen LogP contribution in [-0.2, 0) is 10.9 Å². The maximum atomic E-state index is 13.4. The van der Waals surface area contributed by atoms with Gasteiger partial charge in [-0.25, -0.2) is 19.6 Å². The van der Waals surface area contributed by atoms with E-state index in [4.69, 9.17) is 4.74 Å². The van der Waals surface area contributed by atoms with Gasteiger partial charge in [0.2, 0.25) is 5.43 Å². The topological polar surface area (TPSA) is 146 Å². The Balaban J connectivity index is 2.00. The van der Waals surface area contributed by atoms with Crippen molar-refractivity contribution in [3.8, 4) is 21.7 Å². The van der Waals surface area contributed by atoms with E-state index in [2.05, 4.69) is 25.6 Å². The molecule has 10 nitrogen and oxygen atoms in total. The number of benzene rings is 1. The fraction of sp³-hybridized carbons (Fsp3) is 0.296. The molecule has 1 aromatic carbocycles. The lowest BCUT2D eigenvalue weighted by Gasteiger charge is -2.19. The molecule has 4 aromatic rings. The number of urea groups is 1. The number of fused-ring (bicyclic) bond motifs is 1. The highest BCUT2D eigenvalue weighted by molar-refractivity contribution is 7.13. The number of esters is 1. The van der Waals surface area contributed by atoms with Gasteiger partial charge < -0.3 is 20.1 Å². The first kappa shape index (κ1) is 29.7. The van der Waals surface area contributed by atoms with Crippen LogP contribution in [0.4, 0.5) is 23.8 Å². The van der Waals surface area contributed by atoms with Crippen molar-refractivity contribution in [1.82, 2.24) is 20.3 Å². The van der Waals surface area contributed by atoms with Gasteiger partial charge in [0.05, 0.1) is 6.61 Å². The van der Waals surface area contributed by atoms with Crippen molar-refractivity contribution in [2.24, 2.45) is 0 Å². The number of nitrogens with zero attached hydrogens (tertiary/aromatic N) is 2. The molecule has 1 atom stereocenters. The molecule has 0 spiro atoms. The quantitative estimate of drug-likeness (QED) is 0.208. The van der Waals surface area contributed by atoms with Crippen molar-refractivity contribution in [2.45, 2.75) is 32.9 Å². The Morgan fingerprint density at radius 1 is 1.17 bits per heavy atom. The van der Waals surface area contributed by atoms with Crippen molar-refractivity contribution in [3.63, 3.8) is 0 Å². The number of pyridine rings is 2. The third-order valence-corrected chi connectivity index (χ3v) is 7.02. The molecule has 41 heavy (non-hydrogen) atoms. The minimum atomic E-state index is -4.68. The summed E-state index contributed by atoms with van der Waals surface area (Å²) in [7, 11) is 0. The Bertz CT molecular complexity index is 1670. The molecule has 216 valence electrons. The Hall–Kier alpha value is -4.30. The molecule has 3 aromatic heterocycles. The third kappa shape index (κ3) is 6.23. The van der Waals surface area contributed by atoms with Crippen LogP contribution in [0.15, 0.2) is 40.8 Å². The van der Waals surface area contributed by atoms with Crippen molar-refractivity contribution in [2.75, 3.05) is 25.1 Å². The van der Waals surface area contributed by atoms with Gasteiger partial charge in [-0.3, -0.25) is 10.1 Å². The van der Waals surface area contributed by atoms with Gasteiger partial charge in [0.15, 0.2) is 5.69 Å². The average Bonchev–Trinajstić information content (AvgIpc) is 3.44. The molecule has 0 aliphatic rings. The number of carbonyl (C=O) groups excluding carboxylic acids is 2. The first-order chi connectivity index (χ1) is 19.5. The maximum absolute atomic E-state index is 13.4. The normalized spacial score (nSPS) is 12.3. The molecule has 2 amide bonds. The van der Waals surface area contributed by atoms with Gasteiger partial charge in [-0.15, -0.1) is 11.3 Å². The Labute approximate surface area is 235 Å². The van der Waals surface area contributed by atoms with Gasteiger partial charge in [0.25, 0.3) is 0 Å². The van der Waals surface area contributed by atoms with Gasteiger partial charge in [0, 0.05) is 58.9 Å². The van der Waals surface area contributed by atoms with E-state index in [-0.39, 0.29) is 40.6 Å². The van der Waals surface area contributed by atoms with Gasteiger partial charge in [-0.1, -0.05) is 6.92 Å². The molecular formula is C27H26F3N5O5S. The lowest BCUT2D eigenvalue weighted by atomic mass is 9.89. The summed E-state index contributed by atoms with van der Waals surface area (Å²) in [6, 6.07) is 3.96. The molecule has 0 saturated heterocycles. The number of amides is 2. The van der Waals surface area contributed by atoms with Crippen molar-refractivity contribution in [3.05, 3.63) is 63.0 Å². The van der Waals surface area contributed by atoms with Crippen molar-refractivity contribution >= 4 is 40.1 Å². The minimum absolute atomic E-state index is 0.00874. The second kappa shape index (κ2) is 12.1. The molecule has 4 N–H and O–H groups in total. The van der Waals surface area contributed by atoms with Crippen LogP contribution in [0.3, 0.4) is 0 Å². The van der Waals surface area contributed by atoms with Gasteiger partial charge >= 0.3 is 18.2 Å². The molecule has 0 radical (unpaired) electrons. The summed E-state index contributed by atoms with van der Waals surface area (Å²) in [5.74, 6) is -1.22. The van der Waals surface area contributed by atoms with E-state index in [0.29, 0.717) is 28.8 Å². The van der Waals surface area contributed by atoms with Crippen LogP contribution in [0.2, 0.25) is 0 Å². The van der Waals surface area contributed by atoms with E-state index in [0.717, 1.165) is 16.7 Å². The number of halogens is 3. The summed E-state index contributed by atoms with van der Waals surface area (Å²) >= 11 is 0.749. The zero-order valence-electron chi connectivity index (χ0n) is 22.2. The minimum Gasteiger partial charge on any atom is -0.462 e. The number of thiazole rings is 1. The van der Waals surface area contributed by atoms with Crippen LogP contribution in [-0.4, -0.2) is 51.8 Å². The SMILES string of the molecule is CCNC(=O)Nc1cc(-c2nc(C(F)(F)F)cs2)c(-c2cc3c(=O)c(C(=O)OCC)c[nH]c3cc2C(C)CO)cn1. The molecule has 3 heterocycles. The molecular weight excluding hydrogens is 563 g/mol. The summed E-state index contributed by atoms with van der Waals surface area (Å²) in [5.41, 5.74) is -0.108. The second-order valence-corrected chi connectivity index (χ2v) is 9.81. The van der Waals surface area contributed by atoms with Gasteiger partial charge in [0.1, 0.15) is 16.4 Å². The standard InChI is InChI=1S/C27H26F3N5O5S/c1-4-31-26(39)35-22-8-16(24-34-21(12-41-24)27(28,29)30)18(9-33-22)15-6-17-20(7-14(15)13(3)11-36)32-10-19(23(17)37)25(38)40-5-2/h6-10,12-13,36H,4-5,11H2,1-3H3,(H,32,37)(H2,31,33,35,39). The van der Waals surface area contributed by atoms with E-state index in [9.17, 15) is 32.7 Å². The van der Waals surface area contributed by atoms with Gasteiger partial charge in [-0.2, -0.15) is 13.2 Å². The molecule has 4 rings (SSSR count). The zero-order valence-corrected chi connectivity index (χ0v) is 23.0. The van der Waals surface area contributed by atoms with Crippen LogP contribution in [0.5, 0.6) is 0 Å². The lowest BCUT2D eigenvalue weighted by Crippen LogP contribution is -2.28. The predicted octanol–water partition coefficient (Wildman–Crippen LogP) is 5.15. The maximum Gasteiger partial charge on any atom is 0.434 e. The van der Waals surface area contributed by atoms with Crippen LogP contribution >= 0.6 is 11.3 Å². The van der Waals surface area contributed by atoms with Crippen LogP contribution in [0, 0.1) is 0 Å². The summed E-state index contributed by atoms with van der Waals surface area (Å²) in [6.07, 6.45) is -2.08. The third-order valence-electron chi connectivity index (χ3n) is 6.15. The first-order valence-electron chi connectivity index (χ1n) is 12.5. The van der Waals surface area contributed by atoms with Gasteiger partial charge in [-0.05, 0) is 43.2 Å². The highest BCUT2D eigenvalue weighted by Gasteiger charge is 2.34. The number of hydrogen-bond acceptors (Lipinski definition) is 8. The smallest absolute Gasteiger partial charge is 0.434 e. The largest absolute Gasteiger partial charge is 0.462 e. The first-order valence-corrected chi connectivity index (χ1v) is 13.4. The number of aromatic amines is 1. The van der Waals surface area contributed by atoms with E-state index in [1.165, 1.54) is 24.5 Å². The number of carbonyl (C=O) groups is 2. The summed E-state index contributed by atoms with van der Waals surface area (Å²) < 4.78 is 45.3. The van der Waals surface area contributed by atoms with Crippen molar-refractivity contribution in [1.29, 1.82) is 0 Å². The highest BCUT2D eigenvalue weighted by atomic mass is 32.1. The number of ether oxygens (including phenoxy) is 1. The second-order valence-electron chi connectivity index (χ2n) is 8.96. The number of aliphatic hydroxyl groups excluding tert-OH is 1. The molecule has 0 saturated carbocycles. The fourth-order valence-electron chi connectivity index (χ4n) is 4.15. The molecule has 1 unspecified atom stereocenters. The van der Waals surface area contributed by atoms with E-state index in [1.54, 1.807) is 26.8 Å². The highest BCUT2D eigenvalue weighted by Crippen LogP contribution is 2.41. The fourth-order valence-corrected chi connectivity index (χ4v) is 5.00. The molecule has 0 aliphatic carbocycles. The monoisotopic (exact) mass is 589 g/mol. The van der Waals surface area contributed by atoms with E-state index >= 15 is 0 Å². The summed E-state index contributed by atoms with van der Waals surface area (Å²) in [4.78, 5) is 48.8. The number of nitrogens with one attached hydrogen (secondary N) is 3. The number of anilines is 1. The summed E-state index contributed by atoms with van der Waals surface area (Å²) in [5, 5.41) is 16.1. The number of aromatic nitrogens is 3. The predicted molar refractivity (Wildman–Crippen MR) is 148 cm³/mol. The Kier molecular flexibility index (Phi) is 8.73. The van der Waals surface area contributed by atoms with E-state index in [1.807, 2.05) is 0 Å². The van der Waals surface area contributed by atoms with Crippen LogP contribution < -0.4 is 16.1 Å². The number of rotatable bonds is 8. The Morgan fingerprint density at radius 3 is 2.56 bits per heavy atom. The van der Waals surface area contributed by atoms with Crippen molar-refractivity contribution < 1.29 is 32.6 Å². The number of H-pyrrole nitrogens is 1. The lowest BCUT2D eigenvalue weighted by molar-refractivity contribution is -0.140. The van der Waals surface area contributed by atoms with Crippen LogP contribution in [0.1, 0.15) is 48.3 Å². The molecule has 14 heteroatoms. The summed E-state index contributed by atoms with van der Waals surface area (Å²) in [6.45, 7) is 5.18. The number of hydrogen-bond donors (Lipinski definition) is 4. The zero-order chi connectivity index (χ0) is 29.9. The average molecular weight is 590 g/mol. The number of alkyl halides is 3. The molecule has 0 fully saturated rings. The Morgan fingerprint density at radius 2 is 1.93 bits per heavy atom. The van der Waals surface area contributed by atoms with Crippen LogP contribution in [0.25, 0.3) is 32.6 Å². The van der Waals surface area contributed by atoms with E-state index < -0.39 is 35.2 Å². The molecule has 0 bridgehead atoms. The molecule has 0 aliphatic heterocycles. The number of aliphatic hydroxyl groups is 1.